The van der Waals surface area contributed by atoms with E-state index in [0.717, 1.165) is 22.6 Å². The Morgan fingerprint density at radius 1 is 1.31 bits per heavy atom. The predicted molar refractivity (Wildman–Crippen MR) is 107 cm³/mol. The predicted octanol–water partition coefficient (Wildman–Crippen LogP) is 3.00. The molecule has 0 saturated heterocycles. The number of rotatable bonds is 3. The third-order valence-corrected chi connectivity index (χ3v) is 4.96. The lowest BCUT2D eigenvalue weighted by Gasteiger charge is -2.27. The Hall–Kier alpha value is -3.60. The summed E-state index contributed by atoms with van der Waals surface area (Å²) in [5, 5.41) is 14.6. The Morgan fingerprint density at radius 2 is 2.10 bits per heavy atom. The molecule has 0 amide bonds. The molecule has 8 heteroatoms. The number of nitrogens with two attached hydrogens (primary N) is 1. The Balaban J connectivity index is 1.89. The van der Waals surface area contributed by atoms with Crippen LogP contribution in [0.4, 0.5) is 0 Å². The van der Waals surface area contributed by atoms with E-state index in [4.69, 9.17) is 15.6 Å². The molecule has 1 unspecified atom stereocenters. The first-order valence-corrected chi connectivity index (χ1v) is 9.49. The molecule has 8 nitrogen and oxygen atoms in total. The van der Waals surface area contributed by atoms with E-state index in [2.05, 4.69) is 36.8 Å². The van der Waals surface area contributed by atoms with Gasteiger partial charge in [-0.2, -0.15) is 10.4 Å². The minimum Gasteiger partial charge on any atom is -0.422 e. The third-order valence-electron chi connectivity index (χ3n) is 4.96. The van der Waals surface area contributed by atoms with Crippen molar-refractivity contribution < 1.29 is 4.74 Å². The summed E-state index contributed by atoms with van der Waals surface area (Å²) < 4.78 is 9.62. The van der Waals surface area contributed by atoms with Crippen LogP contribution in [0.25, 0.3) is 5.69 Å². The van der Waals surface area contributed by atoms with E-state index in [9.17, 15) is 5.26 Å². The van der Waals surface area contributed by atoms with E-state index in [1.54, 1.807) is 18.7 Å². The SMILES string of the molecule is CCc1nn(C(C)(C)C)c2c1C(c1ccc(-n3ccnc3)cn1)C(C#N)=C(N)O2. The van der Waals surface area contributed by atoms with Gasteiger partial charge in [-0.05, 0) is 39.3 Å². The van der Waals surface area contributed by atoms with Crippen LogP contribution in [-0.4, -0.2) is 24.3 Å². The van der Waals surface area contributed by atoms with Crippen LogP contribution in [0.2, 0.25) is 0 Å². The highest BCUT2D eigenvalue weighted by Gasteiger charge is 2.39. The summed E-state index contributed by atoms with van der Waals surface area (Å²) in [5.41, 5.74) is 9.55. The lowest BCUT2D eigenvalue weighted by Crippen LogP contribution is -2.28. The molecule has 1 aliphatic rings. The van der Waals surface area contributed by atoms with Gasteiger partial charge in [0.25, 0.3) is 0 Å². The average molecular weight is 389 g/mol. The molecule has 0 aromatic carbocycles. The quantitative estimate of drug-likeness (QED) is 0.738. The van der Waals surface area contributed by atoms with Crippen molar-refractivity contribution in [3.05, 3.63) is 65.5 Å². The van der Waals surface area contributed by atoms with E-state index in [1.807, 2.05) is 34.5 Å². The first kappa shape index (κ1) is 18.7. The van der Waals surface area contributed by atoms with Crippen molar-refractivity contribution in [2.75, 3.05) is 0 Å². The number of aromatic nitrogens is 5. The van der Waals surface area contributed by atoms with Crippen LogP contribution in [0.5, 0.6) is 5.88 Å². The second-order valence-corrected chi connectivity index (χ2v) is 7.94. The van der Waals surface area contributed by atoms with E-state index >= 15 is 0 Å². The van der Waals surface area contributed by atoms with E-state index in [-0.39, 0.29) is 11.4 Å². The van der Waals surface area contributed by atoms with E-state index in [1.165, 1.54) is 0 Å². The van der Waals surface area contributed by atoms with Crippen LogP contribution in [0, 0.1) is 11.3 Å². The second-order valence-electron chi connectivity index (χ2n) is 7.94. The van der Waals surface area contributed by atoms with Crippen LogP contribution in [-0.2, 0) is 12.0 Å². The molecule has 3 aromatic rings. The summed E-state index contributed by atoms with van der Waals surface area (Å²) in [4.78, 5) is 8.72. The van der Waals surface area contributed by atoms with E-state index < -0.39 is 5.92 Å². The highest BCUT2D eigenvalue weighted by atomic mass is 16.5. The Morgan fingerprint density at radius 3 is 2.66 bits per heavy atom. The highest BCUT2D eigenvalue weighted by molar-refractivity contribution is 5.55. The maximum absolute atomic E-state index is 9.82. The molecule has 2 N–H and O–H groups in total. The number of allylic oxidation sites excluding steroid dienone is 1. The number of imidazole rings is 1. The third kappa shape index (κ3) is 3.05. The largest absolute Gasteiger partial charge is 0.422 e. The van der Waals surface area contributed by atoms with Crippen molar-refractivity contribution in [1.29, 1.82) is 5.26 Å². The summed E-state index contributed by atoms with van der Waals surface area (Å²) in [6.07, 6.45) is 7.74. The molecule has 148 valence electrons. The maximum atomic E-state index is 9.82. The Bertz CT molecular complexity index is 1110. The molecule has 4 rings (SSSR count). The zero-order chi connectivity index (χ0) is 20.8. The lowest BCUT2D eigenvalue weighted by atomic mass is 9.86. The second kappa shape index (κ2) is 6.78. The highest BCUT2D eigenvalue weighted by Crippen LogP contribution is 2.45. The first-order valence-electron chi connectivity index (χ1n) is 9.49. The number of hydrogen-bond donors (Lipinski definition) is 1. The van der Waals surface area contributed by atoms with Crippen LogP contribution < -0.4 is 10.5 Å². The summed E-state index contributed by atoms with van der Waals surface area (Å²) in [7, 11) is 0. The average Bonchev–Trinajstić information content (AvgIpc) is 3.34. The van der Waals surface area contributed by atoms with Crippen molar-refractivity contribution in [3.63, 3.8) is 0 Å². The van der Waals surface area contributed by atoms with Crippen molar-refractivity contribution in [2.24, 2.45) is 5.73 Å². The fourth-order valence-electron chi connectivity index (χ4n) is 3.56. The molecule has 0 bridgehead atoms. The molecule has 0 fully saturated rings. The van der Waals surface area contributed by atoms with Crippen molar-refractivity contribution >= 4 is 0 Å². The van der Waals surface area contributed by atoms with Crippen molar-refractivity contribution in [3.8, 4) is 17.6 Å². The zero-order valence-electron chi connectivity index (χ0n) is 16.9. The standard InChI is InChI=1S/C21H23N7O/c1-5-15-18-17(16-7-6-13(11-25-16)27-9-8-24-12-27)14(10-22)19(23)29-20(18)28(26-15)21(2,3)4/h6-9,11-12,17H,5,23H2,1-4H3. The molecule has 0 spiro atoms. The number of aryl methyl sites for hydroxylation is 1. The monoisotopic (exact) mass is 389 g/mol. The molecule has 0 radical (unpaired) electrons. The van der Waals surface area contributed by atoms with E-state index in [0.29, 0.717) is 17.9 Å². The molecule has 1 atom stereocenters. The van der Waals surface area contributed by atoms with Crippen LogP contribution >= 0.6 is 0 Å². The number of pyridine rings is 1. The van der Waals surface area contributed by atoms with Crippen LogP contribution in [0.3, 0.4) is 0 Å². The summed E-state index contributed by atoms with van der Waals surface area (Å²) in [6.45, 7) is 8.19. The van der Waals surface area contributed by atoms with Gasteiger partial charge in [0.05, 0.1) is 46.6 Å². The number of nitriles is 1. The van der Waals surface area contributed by atoms with Gasteiger partial charge in [-0.1, -0.05) is 6.92 Å². The van der Waals surface area contributed by atoms with Gasteiger partial charge in [-0.15, -0.1) is 0 Å². The first-order chi connectivity index (χ1) is 13.8. The van der Waals surface area contributed by atoms with Crippen LogP contribution in [0.15, 0.2) is 48.5 Å². The van der Waals surface area contributed by atoms with Crippen molar-refractivity contribution in [1.82, 2.24) is 24.3 Å². The van der Waals surface area contributed by atoms with Gasteiger partial charge in [0.15, 0.2) is 0 Å². The number of fused-ring (bicyclic) bond motifs is 1. The minimum atomic E-state index is -0.424. The molecular weight excluding hydrogens is 366 g/mol. The molecular formula is C21H23N7O. The van der Waals surface area contributed by atoms with Gasteiger partial charge < -0.3 is 15.0 Å². The topological polar surface area (TPSA) is 108 Å². The summed E-state index contributed by atoms with van der Waals surface area (Å²) in [5.74, 6) is 0.251. The number of nitrogens with zero attached hydrogens (tertiary/aromatic N) is 6. The normalized spacial score (nSPS) is 16.3. The molecule has 0 aliphatic carbocycles. The minimum absolute atomic E-state index is 0.0959. The Kier molecular flexibility index (Phi) is 4.38. The van der Waals surface area contributed by atoms with Gasteiger partial charge in [0.1, 0.15) is 11.6 Å². The van der Waals surface area contributed by atoms with Crippen LogP contribution in [0.1, 0.15) is 50.6 Å². The summed E-state index contributed by atoms with van der Waals surface area (Å²) >= 11 is 0. The molecule has 4 heterocycles. The number of hydrogen-bond acceptors (Lipinski definition) is 6. The molecule has 3 aromatic heterocycles. The fourth-order valence-corrected chi connectivity index (χ4v) is 3.56. The number of ether oxygens (including phenoxy) is 1. The molecule has 0 saturated carbocycles. The zero-order valence-corrected chi connectivity index (χ0v) is 16.9. The van der Waals surface area contributed by atoms with Gasteiger partial charge in [-0.25, -0.2) is 9.67 Å². The summed E-state index contributed by atoms with van der Waals surface area (Å²) in [6, 6.07) is 6.08. The van der Waals surface area contributed by atoms with Crippen molar-refractivity contribution in [2.45, 2.75) is 45.6 Å². The van der Waals surface area contributed by atoms with Gasteiger partial charge >= 0.3 is 0 Å². The van der Waals surface area contributed by atoms with Gasteiger partial charge in [0.2, 0.25) is 11.8 Å². The fraction of sp³-hybridized carbons (Fsp3) is 0.333. The molecule has 1 aliphatic heterocycles. The smallest absolute Gasteiger partial charge is 0.224 e. The molecule has 29 heavy (non-hydrogen) atoms. The van der Waals surface area contributed by atoms with Gasteiger partial charge in [-0.3, -0.25) is 4.98 Å². The Labute approximate surface area is 169 Å². The lowest BCUT2D eigenvalue weighted by molar-refractivity contribution is 0.277. The van der Waals surface area contributed by atoms with Gasteiger partial charge in [0, 0.05) is 12.4 Å². The maximum Gasteiger partial charge on any atom is 0.224 e.